The van der Waals surface area contributed by atoms with E-state index in [2.05, 4.69) is 4.74 Å². The Morgan fingerprint density at radius 2 is 1.88 bits per heavy atom. The monoisotopic (exact) mass is 274 g/mol. The number of alkyl halides is 3. The molecular formula is C9H13F3O4S. The van der Waals surface area contributed by atoms with Gasteiger partial charge >= 0.3 is 12.1 Å². The summed E-state index contributed by atoms with van der Waals surface area (Å²) < 4.78 is 64.8. The van der Waals surface area contributed by atoms with Crippen LogP contribution in [0.2, 0.25) is 0 Å². The summed E-state index contributed by atoms with van der Waals surface area (Å²) in [5.41, 5.74) is -2.14. The van der Waals surface area contributed by atoms with E-state index in [1.807, 2.05) is 0 Å². The number of hydrogen-bond acceptors (Lipinski definition) is 4. The zero-order valence-corrected chi connectivity index (χ0v) is 10.0. The summed E-state index contributed by atoms with van der Waals surface area (Å²) in [6.45, 7) is 1.49. The van der Waals surface area contributed by atoms with Gasteiger partial charge in [-0.2, -0.15) is 13.2 Å². The summed E-state index contributed by atoms with van der Waals surface area (Å²) in [6.07, 6.45) is -4.92. The molecule has 0 saturated heterocycles. The summed E-state index contributed by atoms with van der Waals surface area (Å²) in [7, 11) is -4.08. The van der Waals surface area contributed by atoms with Crippen LogP contribution in [-0.4, -0.2) is 38.7 Å². The molecular weight excluding hydrogens is 261 g/mol. The van der Waals surface area contributed by atoms with Crippen molar-refractivity contribution >= 4 is 15.8 Å². The van der Waals surface area contributed by atoms with Gasteiger partial charge in [0.2, 0.25) is 0 Å². The molecule has 1 saturated carbocycles. The van der Waals surface area contributed by atoms with Gasteiger partial charge in [-0.05, 0) is 19.8 Å². The Morgan fingerprint density at radius 3 is 2.24 bits per heavy atom. The Hall–Kier alpha value is -0.790. The van der Waals surface area contributed by atoms with Gasteiger partial charge in [-0.15, -0.1) is 0 Å². The fourth-order valence-corrected chi connectivity index (χ4v) is 3.35. The fraction of sp³-hybridized carbons (Fsp3) is 0.889. The Labute approximate surface area is 97.1 Å². The number of carbonyl (C=O) groups excluding carboxylic acids is 1. The van der Waals surface area contributed by atoms with Gasteiger partial charge in [0.15, 0.2) is 9.84 Å². The van der Waals surface area contributed by atoms with Crippen LogP contribution in [0, 0.1) is 5.41 Å². The highest BCUT2D eigenvalue weighted by Gasteiger charge is 2.64. The molecule has 0 heterocycles. The van der Waals surface area contributed by atoms with Crippen molar-refractivity contribution < 1.29 is 31.1 Å². The third kappa shape index (κ3) is 3.58. The van der Waals surface area contributed by atoms with Gasteiger partial charge in [-0.25, -0.2) is 8.42 Å². The molecule has 8 heteroatoms. The zero-order chi connectivity index (χ0) is 13.3. The molecule has 0 N–H and O–H groups in total. The van der Waals surface area contributed by atoms with Crippen molar-refractivity contribution in [1.82, 2.24) is 0 Å². The van der Waals surface area contributed by atoms with Crippen LogP contribution >= 0.6 is 0 Å². The Morgan fingerprint density at radius 1 is 1.35 bits per heavy atom. The van der Waals surface area contributed by atoms with Crippen LogP contribution in [0.25, 0.3) is 0 Å². The molecule has 1 aliphatic rings. The normalized spacial score (nSPS) is 18.8. The van der Waals surface area contributed by atoms with Crippen molar-refractivity contribution in [1.29, 1.82) is 0 Å². The number of sulfone groups is 1. The molecule has 1 rings (SSSR count). The summed E-state index contributed by atoms with van der Waals surface area (Å²) in [5, 5.41) is 0. The van der Waals surface area contributed by atoms with Gasteiger partial charge in [-0.3, -0.25) is 4.79 Å². The first-order chi connectivity index (χ1) is 7.62. The maximum absolute atomic E-state index is 12.5. The first-order valence-electron chi connectivity index (χ1n) is 5.05. The number of esters is 1. The van der Waals surface area contributed by atoms with E-state index in [4.69, 9.17) is 0 Å². The third-order valence-electron chi connectivity index (χ3n) is 2.59. The molecule has 100 valence electrons. The van der Waals surface area contributed by atoms with Gasteiger partial charge in [-0.1, -0.05) is 0 Å². The minimum atomic E-state index is -4.53. The van der Waals surface area contributed by atoms with Crippen LogP contribution in [0.4, 0.5) is 13.2 Å². The lowest BCUT2D eigenvalue weighted by Gasteiger charge is -2.18. The molecule has 0 aromatic rings. The van der Waals surface area contributed by atoms with Crippen molar-refractivity contribution in [3.05, 3.63) is 0 Å². The smallest absolute Gasteiger partial charge is 0.395 e. The zero-order valence-electron chi connectivity index (χ0n) is 9.21. The maximum atomic E-state index is 12.5. The average Bonchev–Trinajstić information content (AvgIpc) is 2.81. The van der Waals surface area contributed by atoms with Crippen LogP contribution in [0.3, 0.4) is 0 Å². The maximum Gasteiger partial charge on any atom is 0.395 e. The number of hydrogen-bond donors (Lipinski definition) is 0. The fourth-order valence-electron chi connectivity index (χ4n) is 1.51. The summed E-state index contributed by atoms with van der Waals surface area (Å²) in [5.74, 6) is -3.02. The largest absolute Gasteiger partial charge is 0.465 e. The van der Waals surface area contributed by atoms with Crippen molar-refractivity contribution in [2.24, 2.45) is 5.41 Å². The van der Waals surface area contributed by atoms with E-state index in [9.17, 15) is 26.4 Å². The molecule has 0 bridgehead atoms. The highest BCUT2D eigenvalue weighted by Crippen LogP contribution is 2.58. The van der Waals surface area contributed by atoms with Crippen molar-refractivity contribution in [2.45, 2.75) is 25.9 Å². The molecule has 1 fully saturated rings. The molecule has 0 aliphatic heterocycles. The molecule has 1 aliphatic carbocycles. The summed E-state index contributed by atoms with van der Waals surface area (Å²) >= 11 is 0. The van der Waals surface area contributed by atoms with Crippen LogP contribution in [0.15, 0.2) is 0 Å². The molecule has 4 nitrogen and oxygen atoms in total. The summed E-state index contributed by atoms with van der Waals surface area (Å²) in [4.78, 5) is 10.9. The van der Waals surface area contributed by atoms with Gasteiger partial charge in [0.25, 0.3) is 0 Å². The number of carbonyl (C=O) groups is 1. The van der Waals surface area contributed by atoms with Gasteiger partial charge in [0.05, 0.1) is 17.8 Å². The molecule has 0 radical (unpaired) electrons. The van der Waals surface area contributed by atoms with E-state index in [-0.39, 0.29) is 19.4 Å². The molecule has 0 unspecified atom stereocenters. The SMILES string of the molecule is CCOC(=O)CS(=O)(=O)CC1(C(F)(F)F)CC1. The van der Waals surface area contributed by atoms with E-state index < -0.39 is 38.9 Å². The lowest BCUT2D eigenvalue weighted by atomic mass is 10.1. The molecule has 0 aromatic heterocycles. The van der Waals surface area contributed by atoms with E-state index >= 15 is 0 Å². The Bertz CT molecular complexity index is 395. The van der Waals surface area contributed by atoms with Crippen LogP contribution in [0.5, 0.6) is 0 Å². The lowest BCUT2D eigenvalue weighted by Crippen LogP contribution is -2.34. The molecule has 0 spiro atoms. The van der Waals surface area contributed by atoms with Gasteiger partial charge < -0.3 is 4.74 Å². The van der Waals surface area contributed by atoms with Gasteiger partial charge in [0.1, 0.15) is 5.75 Å². The van der Waals surface area contributed by atoms with Crippen molar-refractivity contribution in [2.75, 3.05) is 18.1 Å². The third-order valence-corrected chi connectivity index (χ3v) is 4.26. The van der Waals surface area contributed by atoms with Crippen molar-refractivity contribution in [3.63, 3.8) is 0 Å². The Balaban J connectivity index is 2.65. The minimum absolute atomic E-state index is 0.00122. The average molecular weight is 274 g/mol. The second-order valence-corrected chi connectivity index (χ2v) is 6.18. The highest BCUT2D eigenvalue weighted by molar-refractivity contribution is 7.92. The standard InChI is InChI=1S/C9H13F3O4S/c1-2-16-7(13)5-17(14,15)6-8(3-4-8)9(10,11)12/h2-6H2,1H3. The lowest BCUT2D eigenvalue weighted by molar-refractivity contribution is -0.180. The number of halogens is 3. The van der Waals surface area contributed by atoms with Crippen molar-refractivity contribution in [3.8, 4) is 0 Å². The second-order valence-electron chi connectivity index (χ2n) is 4.12. The first-order valence-corrected chi connectivity index (χ1v) is 6.87. The first kappa shape index (κ1) is 14.3. The quantitative estimate of drug-likeness (QED) is 0.709. The second kappa shape index (κ2) is 4.47. The van der Waals surface area contributed by atoms with E-state index in [0.717, 1.165) is 0 Å². The molecule has 17 heavy (non-hydrogen) atoms. The Kier molecular flexibility index (Phi) is 3.75. The minimum Gasteiger partial charge on any atom is -0.465 e. The molecule has 0 amide bonds. The van der Waals surface area contributed by atoms with E-state index in [0.29, 0.717) is 0 Å². The van der Waals surface area contributed by atoms with E-state index in [1.165, 1.54) is 6.92 Å². The van der Waals surface area contributed by atoms with Crippen LogP contribution < -0.4 is 0 Å². The van der Waals surface area contributed by atoms with E-state index in [1.54, 1.807) is 0 Å². The number of ether oxygens (including phenoxy) is 1. The highest BCUT2D eigenvalue weighted by atomic mass is 32.2. The predicted octanol–water partition coefficient (Wildman–Crippen LogP) is 1.31. The van der Waals surface area contributed by atoms with Gasteiger partial charge in [0, 0.05) is 0 Å². The predicted molar refractivity (Wildman–Crippen MR) is 53.0 cm³/mol. The topological polar surface area (TPSA) is 60.4 Å². The molecule has 0 atom stereocenters. The summed E-state index contributed by atoms with van der Waals surface area (Å²) in [6, 6.07) is 0. The number of rotatable bonds is 5. The van der Waals surface area contributed by atoms with Crippen LogP contribution in [-0.2, 0) is 19.4 Å². The van der Waals surface area contributed by atoms with Crippen LogP contribution in [0.1, 0.15) is 19.8 Å². The molecule has 0 aromatic carbocycles.